The van der Waals surface area contributed by atoms with Crippen LogP contribution in [0, 0.1) is 0 Å². The van der Waals surface area contributed by atoms with Gasteiger partial charge in [-0.1, -0.05) is 12.1 Å². The van der Waals surface area contributed by atoms with Gasteiger partial charge in [0.15, 0.2) is 0 Å². The third-order valence-electron chi connectivity index (χ3n) is 4.58. The van der Waals surface area contributed by atoms with E-state index >= 15 is 0 Å². The number of amides is 1. The van der Waals surface area contributed by atoms with Gasteiger partial charge in [0, 0.05) is 37.2 Å². The van der Waals surface area contributed by atoms with Crippen LogP contribution < -0.4 is 5.32 Å². The second-order valence-corrected chi connectivity index (χ2v) is 6.79. The minimum atomic E-state index is -0.420. The molecule has 1 amide bonds. The lowest BCUT2D eigenvalue weighted by Crippen LogP contribution is -2.42. The summed E-state index contributed by atoms with van der Waals surface area (Å²) in [6.45, 7) is 5.89. The molecule has 2 aromatic rings. The molecule has 1 atom stereocenters. The number of piperidine rings is 1. The van der Waals surface area contributed by atoms with Gasteiger partial charge >= 0.3 is 0 Å². The number of aliphatic hydroxyl groups excluding tert-OH is 1. The van der Waals surface area contributed by atoms with E-state index in [1.807, 2.05) is 30.5 Å². The summed E-state index contributed by atoms with van der Waals surface area (Å²) < 4.78 is 2.11. The molecule has 1 aliphatic rings. The van der Waals surface area contributed by atoms with Crippen molar-refractivity contribution in [2.45, 2.75) is 45.4 Å². The topological polar surface area (TPSA) is 70.4 Å². The molecular weight excluding hydrogens is 316 g/mol. The van der Waals surface area contributed by atoms with Gasteiger partial charge in [0.2, 0.25) is 0 Å². The zero-order valence-corrected chi connectivity index (χ0v) is 14.9. The Kier molecular flexibility index (Phi) is 5.38. The Morgan fingerprint density at radius 1 is 1.40 bits per heavy atom. The van der Waals surface area contributed by atoms with Crippen molar-refractivity contribution in [1.29, 1.82) is 0 Å². The molecule has 6 nitrogen and oxygen atoms in total. The molecule has 2 N–H and O–H groups in total. The van der Waals surface area contributed by atoms with Gasteiger partial charge in [0.1, 0.15) is 5.82 Å². The number of nitrogens with one attached hydrogen (secondary N) is 1. The molecule has 0 bridgehead atoms. The lowest BCUT2D eigenvalue weighted by molar-refractivity contribution is 0.0474. The standard InChI is InChI=1S/C19H26N4O2/c1-14(2)23-11-9-20-18(23)12-21-17-8-4-3-7-16(17)19(25)22-10-5-6-15(24)13-22/h3-4,7-9,11,14-15,21,24H,5-6,10,12-13H2,1-2H3. The Morgan fingerprint density at radius 2 is 2.20 bits per heavy atom. The van der Waals surface area contributed by atoms with E-state index in [0.717, 1.165) is 24.4 Å². The van der Waals surface area contributed by atoms with Crippen LogP contribution in [-0.4, -0.2) is 44.7 Å². The zero-order chi connectivity index (χ0) is 17.8. The van der Waals surface area contributed by atoms with Crippen LogP contribution in [0.25, 0.3) is 0 Å². The fourth-order valence-electron chi connectivity index (χ4n) is 3.26. The minimum absolute atomic E-state index is 0.0333. The van der Waals surface area contributed by atoms with Gasteiger partial charge in [-0.25, -0.2) is 4.98 Å². The van der Waals surface area contributed by atoms with Crippen LogP contribution >= 0.6 is 0 Å². The molecule has 1 saturated heterocycles. The van der Waals surface area contributed by atoms with E-state index in [1.165, 1.54) is 0 Å². The SMILES string of the molecule is CC(C)n1ccnc1CNc1ccccc1C(=O)N1CCCC(O)C1. The van der Waals surface area contributed by atoms with Crippen LogP contribution in [0.3, 0.4) is 0 Å². The lowest BCUT2D eigenvalue weighted by atomic mass is 10.1. The summed E-state index contributed by atoms with van der Waals surface area (Å²) in [6, 6.07) is 7.87. The summed E-state index contributed by atoms with van der Waals surface area (Å²) in [6.07, 6.45) is 4.95. The predicted octanol–water partition coefficient (Wildman–Crippen LogP) is 2.67. The summed E-state index contributed by atoms with van der Waals surface area (Å²) in [4.78, 5) is 19.0. The number of hydrogen-bond donors (Lipinski definition) is 2. The van der Waals surface area contributed by atoms with E-state index in [9.17, 15) is 9.90 Å². The molecule has 0 radical (unpaired) electrons. The number of β-amino-alcohol motifs (C(OH)–C–C–N with tert-alkyl or cyclic N) is 1. The molecule has 25 heavy (non-hydrogen) atoms. The van der Waals surface area contributed by atoms with Gasteiger partial charge in [0.05, 0.1) is 18.2 Å². The highest BCUT2D eigenvalue weighted by Gasteiger charge is 2.24. The smallest absolute Gasteiger partial charge is 0.256 e. The molecule has 1 unspecified atom stereocenters. The van der Waals surface area contributed by atoms with Crippen LogP contribution in [-0.2, 0) is 6.54 Å². The molecule has 3 rings (SSSR count). The number of hydrogen-bond acceptors (Lipinski definition) is 4. The number of benzene rings is 1. The molecule has 1 aromatic heterocycles. The summed E-state index contributed by atoms with van der Waals surface area (Å²) in [7, 11) is 0. The number of nitrogens with zero attached hydrogens (tertiary/aromatic N) is 3. The van der Waals surface area contributed by atoms with Gasteiger partial charge in [0.25, 0.3) is 5.91 Å². The number of para-hydroxylation sites is 1. The highest BCUT2D eigenvalue weighted by atomic mass is 16.3. The van der Waals surface area contributed by atoms with Gasteiger partial charge in [-0.3, -0.25) is 4.79 Å². The molecule has 134 valence electrons. The maximum absolute atomic E-state index is 12.9. The summed E-state index contributed by atoms with van der Waals surface area (Å²) >= 11 is 0. The fraction of sp³-hybridized carbons (Fsp3) is 0.474. The summed E-state index contributed by atoms with van der Waals surface area (Å²) in [5.41, 5.74) is 1.44. The molecule has 1 aromatic carbocycles. The normalized spacial score (nSPS) is 17.8. The van der Waals surface area contributed by atoms with E-state index in [-0.39, 0.29) is 5.91 Å². The molecule has 2 heterocycles. The Labute approximate surface area is 148 Å². The quantitative estimate of drug-likeness (QED) is 0.876. The Morgan fingerprint density at radius 3 is 2.96 bits per heavy atom. The summed E-state index contributed by atoms with van der Waals surface area (Å²) in [5.74, 6) is 0.902. The molecular formula is C19H26N4O2. The van der Waals surface area contributed by atoms with Crippen molar-refractivity contribution in [2.75, 3.05) is 18.4 Å². The first kappa shape index (κ1) is 17.5. The van der Waals surface area contributed by atoms with Gasteiger partial charge in [-0.05, 0) is 38.8 Å². The number of imidazole rings is 1. The average molecular weight is 342 g/mol. The lowest BCUT2D eigenvalue weighted by Gasteiger charge is -2.30. The third-order valence-corrected chi connectivity index (χ3v) is 4.58. The number of aromatic nitrogens is 2. The van der Waals surface area contributed by atoms with Crippen molar-refractivity contribution in [1.82, 2.24) is 14.5 Å². The van der Waals surface area contributed by atoms with Gasteiger partial charge in [-0.15, -0.1) is 0 Å². The second kappa shape index (κ2) is 7.70. The van der Waals surface area contributed by atoms with Gasteiger partial charge in [-0.2, -0.15) is 0 Å². The Balaban J connectivity index is 1.74. The number of carbonyl (C=O) groups excluding carboxylic acids is 1. The highest BCUT2D eigenvalue weighted by molar-refractivity contribution is 5.99. The summed E-state index contributed by atoms with van der Waals surface area (Å²) in [5, 5.41) is 13.2. The van der Waals surface area contributed by atoms with Crippen molar-refractivity contribution in [3.8, 4) is 0 Å². The van der Waals surface area contributed by atoms with Crippen molar-refractivity contribution in [2.24, 2.45) is 0 Å². The number of rotatable bonds is 5. The van der Waals surface area contributed by atoms with Crippen LogP contribution in [0.2, 0.25) is 0 Å². The van der Waals surface area contributed by atoms with E-state index in [2.05, 4.69) is 28.7 Å². The van der Waals surface area contributed by atoms with Crippen LogP contribution in [0.4, 0.5) is 5.69 Å². The monoisotopic (exact) mass is 342 g/mol. The molecule has 0 saturated carbocycles. The first-order chi connectivity index (χ1) is 12.1. The largest absolute Gasteiger partial charge is 0.391 e. The maximum Gasteiger partial charge on any atom is 0.256 e. The molecule has 6 heteroatoms. The van der Waals surface area contributed by atoms with Crippen molar-refractivity contribution in [3.63, 3.8) is 0 Å². The van der Waals surface area contributed by atoms with Crippen LogP contribution in [0.15, 0.2) is 36.7 Å². The number of anilines is 1. The molecule has 1 fully saturated rings. The van der Waals surface area contributed by atoms with E-state index in [0.29, 0.717) is 31.2 Å². The highest BCUT2D eigenvalue weighted by Crippen LogP contribution is 2.21. The zero-order valence-electron chi connectivity index (χ0n) is 14.9. The van der Waals surface area contributed by atoms with Crippen LogP contribution in [0.5, 0.6) is 0 Å². The van der Waals surface area contributed by atoms with E-state index < -0.39 is 6.10 Å². The molecule has 0 spiro atoms. The van der Waals surface area contributed by atoms with E-state index in [4.69, 9.17) is 0 Å². The van der Waals surface area contributed by atoms with Crippen molar-refractivity contribution in [3.05, 3.63) is 48.0 Å². The number of likely N-dealkylation sites (tertiary alicyclic amines) is 1. The van der Waals surface area contributed by atoms with E-state index in [1.54, 1.807) is 11.1 Å². The second-order valence-electron chi connectivity index (χ2n) is 6.79. The maximum atomic E-state index is 12.9. The Hall–Kier alpha value is -2.34. The van der Waals surface area contributed by atoms with Crippen molar-refractivity contribution >= 4 is 11.6 Å². The van der Waals surface area contributed by atoms with Gasteiger partial charge < -0.3 is 19.9 Å². The number of aliphatic hydroxyl groups is 1. The van der Waals surface area contributed by atoms with Crippen molar-refractivity contribution < 1.29 is 9.90 Å². The predicted molar refractivity (Wildman–Crippen MR) is 97.5 cm³/mol. The minimum Gasteiger partial charge on any atom is -0.391 e. The number of carbonyl (C=O) groups is 1. The third kappa shape index (κ3) is 4.02. The van der Waals surface area contributed by atoms with Crippen LogP contribution in [0.1, 0.15) is 48.9 Å². The fourth-order valence-corrected chi connectivity index (χ4v) is 3.26. The molecule has 1 aliphatic heterocycles. The first-order valence-corrected chi connectivity index (χ1v) is 8.88. The average Bonchev–Trinajstić information content (AvgIpc) is 3.08. The Bertz CT molecular complexity index is 726. The molecule has 0 aliphatic carbocycles. The first-order valence-electron chi connectivity index (χ1n) is 8.88.